The van der Waals surface area contributed by atoms with Crippen molar-refractivity contribution in [2.45, 2.75) is 69.4 Å². The van der Waals surface area contributed by atoms with Gasteiger partial charge in [-0.1, -0.05) is 37.4 Å². The van der Waals surface area contributed by atoms with Crippen molar-refractivity contribution in [2.75, 3.05) is 13.2 Å². The van der Waals surface area contributed by atoms with Crippen LogP contribution in [0.1, 0.15) is 32.9 Å². The highest BCUT2D eigenvalue weighted by molar-refractivity contribution is 8.04. The number of carbonyl (C=O) groups excluding carboxylic acids is 2. The van der Waals surface area contributed by atoms with Gasteiger partial charge in [0.2, 0.25) is 5.91 Å². The second-order valence-electron chi connectivity index (χ2n) is 10.9. The number of β-lactam (4-membered cyclic amide) rings is 1. The maximum absolute atomic E-state index is 13.1. The summed E-state index contributed by atoms with van der Waals surface area (Å²) in [5, 5.41) is 12.0. The van der Waals surface area contributed by atoms with Gasteiger partial charge in [-0.2, -0.15) is 0 Å². The summed E-state index contributed by atoms with van der Waals surface area (Å²) in [5.74, 6) is -1.82. The topological polar surface area (TPSA) is 109 Å². The Labute approximate surface area is 232 Å². The molecule has 0 spiro atoms. The first-order valence-corrected chi connectivity index (χ1v) is 17.8. The normalized spacial score (nSPS) is 26.1. The number of rotatable bonds is 9. The van der Waals surface area contributed by atoms with Gasteiger partial charge in [0.15, 0.2) is 12.7 Å². The zero-order chi connectivity index (χ0) is 27.9. The number of aromatic nitrogens is 1. The summed E-state index contributed by atoms with van der Waals surface area (Å²) in [6, 6.07) is -0.229. The van der Waals surface area contributed by atoms with E-state index >= 15 is 0 Å². The van der Waals surface area contributed by atoms with Crippen LogP contribution in [0.2, 0.25) is 19.6 Å². The average molecular weight is 578 g/mol. The van der Waals surface area contributed by atoms with Crippen molar-refractivity contribution in [3.8, 4) is 0 Å². The number of thiazole rings is 1. The highest BCUT2D eigenvalue weighted by atomic mass is 32.2. The van der Waals surface area contributed by atoms with Crippen molar-refractivity contribution in [1.29, 1.82) is 0 Å². The maximum atomic E-state index is 13.1. The standard InChI is InChI=1S/C26H35N3O6S2Si/c1-8-11-34-26(33)28-12-17(10-9-14(28)2)18-13-36-25(27-18)37-22-15(3)20-19(16(4)35-38(5,6)7)23(30)29(20)21(22)24(31)32/h8,10,13-16,19-20H,1,9,11-12H2,2-7H3,(H,31,32)/t14?,15-,16-,19-,20-/m1/s1. The molecule has 38 heavy (non-hydrogen) atoms. The van der Waals surface area contributed by atoms with Crippen molar-refractivity contribution in [3.63, 3.8) is 0 Å². The van der Waals surface area contributed by atoms with E-state index in [9.17, 15) is 19.5 Å². The maximum Gasteiger partial charge on any atom is 0.410 e. The highest BCUT2D eigenvalue weighted by Crippen LogP contribution is 2.52. The number of hydrogen-bond donors (Lipinski definition) is 1. The van der Waals surface area contributed by atoms with Crippen LogP contribution >= 0.6 is 23.1 Å². The predicted octanol–water partition coefficient (Wildman–Crippen LogP) is 5.05. The van der Waals surface area contributed by atoms with Crippen LogP contribution in [0.15, 0.2) is 39.1 Å². The molecule has 1 unspecified atom stereocenters. The quantitative estimate of drug-likeness (QED) is 0.247. The second kappa shape index (κ2) is 11.0. The van der Waals surface area contributed by atoms with Gasteiger partial charge in [0, 0.05) is 22.2 Å². The molecule has 0 bridgehead atoms. The number of carbonyl (C=O) groups is 3. The molecule has 5 atom stereocenters. The van der Waals surface area contributed by atoms with Crippen LogP contribution in [-0.4, -0.2) is 77.5 Å². The summed E-state index contributed by atoms with van der Waals surface area (Å²) in [7, 11) is -1.87. The molecule has 3 aliphatic heterocycles. The van der Waals surface area contributed by atoms with E-state index in [-0.39, 0.29) is 54.3 Å². The third kappa shape index (κ3) is 5.49. The van der Waals surface area contributed by atoms with Gasteiger partial charge in [0.25, 0.3) is 0 Å². The van der Waals surface area contributed by atoms with Crippen LogP contribution in [0.4, 0.5) is 4.79 Å². The molecule has 4 rings (SSSR count). The Bertz CT molecular complexity index is 1210. The summed E-state index contributed by atoms with van der Waals surface area (Å²) in [5.41, 5.74) is 1.72. The zero-order valence-electron chi connectivity index (χ0n) is 22.6. The molecule has 1 N–H and O–H groups in total. The fraction of sp³-hybridized carbons (Fsp3) is 0.538. The van der Waals surface area contributed by atoms with Crippen molar-refractivity contribution >= 4 is 55.0 Å². The van der Waals surface area contributed by atoms with Gasteiger partial charge in [0.1, 0.15) is 12.3 Å². The third-order valence-electron chi connectivity index (χ3n) is 6.98. The van der Waals surface area contributed by atoms with Crippen LogP contribution in [0.3, 0.4) is 0 Å². The van der Waals surface area contributed by atoms with Crippen LogP contribution < -0.4 is 0 Å². The summed E-state index contributed by atoms with van der Waals surface area (Å²) < 4.78 is 12.1. The molecule has 0 saturated carbocycles. The van der Waals surface area contributed by atoms with Gasteiger partial charge in [0.05, 0.1) is 30.3 Å². The molecule has 9 nitrogen and oxygen atoms in total. The Kier molecular flexibility index (Phi) is 8.27. The molecule has 206 valence electrons. The lowest BCUT2D eigenvalue weighted by Crippen LogP contribution is -2.64. The first kappa shape index (κ1) is 28.6. The van der Waals surface area contributed by atoms with E-state index in [1.165, 1.54) is 34.1 Å². The van der Waals surface area contributed by atoms with Crippen molar-refractivity contribution in [3.05, 3.63) is 40.4 Å². The first-order chi connectivity index (χ1) is 17.8. The van der Waals surface area contributed by atoms with Gasteiger partial charge in [-0.25, -0.2) is 14.6 Å². The Balaban J connectivity index is 1.52. The van der Waals surface area contributed by atoms with Gasteiger partial charge in [-0.3, -0.25) is 4.79 Å². The third-order valence-corrected chi connectivity index (χ3v) is 10.3. The van der Waals surface area contributed by atoms with Crippen LogP contribution in [0.5, 0.6) is 0 Å². The molecule has 2 amide bonds. The molecule has 1 fully saturated rings. The molecule has 3 aliphatic rings. The lowest BCUT2D eigenvalue weighted by molar-refractivity contribution is -0.162. The van der Waals surface area contributed by atoms with Gasteiger partial charge in [-0.05, 0) is 45.5 Å². The number of amides is 2. The SMILES string of the molecule is C=CCOC(=O)N1CC(c2csc(SC3=C(C(=O)O)N4C(=O)[C@H]([C@@H](C)O[Si](C)(C)C)[C@H]4[C@H]3C)n2)=CCC1C. The van der Waals surface area contributed by atoms with Crippen LogP contribution in [-0.2, 0) is 18.8 Å². The molecule has 1 aromatic rings. The largest absolute Gasteiger partial charge is 0.477 e. The van der Waals surface area contributed by atoms with Gasteiger partial charge in [-0.15, -0.1) is 11.3 Å². The monoisotopic (exact) mass is 577 g/mol. The molecule has 0 aromatic carbocycles. The number of thioether (sulfide) groups is 1. The minimum atomic E-state index is -1.87. The zero-order valence-corrected chi connectivity index (χ0v) is 25.2. The van der Waals surface area contributed by atoms with Crippen molar-refractivity contribution in [2.24, 2.45) is 11.8 Å². The Morgan fingerprint density at radius 1 is 1.37 bits per heavy atom. The highest BCUT2D eigenvalue weighted by Gasteiger charge is 2.60. The lowest BCUT2D eigenvalue weighted by atomic mass is 9.79. The Morgan fingerprint density at radius 3 is 2.71 bits per heavy atom. The molecular weight excluding hydrogens is 543 g/mol. The van der Waals surface area contributed by atoms with E-state index in [1.807, 2.05) is 26.2 Å². The molecule has 12 heteroatoms. The van der Waals surface area contributed by atoms with Crippen LogP contribution in [0, 0.1) is 11.8 Å². The van der Waals surface area contributed by atoms with E-state index in [0.29, 0.717) is 22.2 Å². The number of fused-ring (bicyclic) bond motifs is 1. The summed E-state index contributed by atoms with van der Waals surface area (Å²) in [6.07, 6.45) is 3.64. The lowest BCUT2D eigenvalue weighted by Gasteiger charge is -2.48. The second-order valence-corrected chi connectivity index (χ2v) is 17.5. The van der Waals surface area contributed by atoms with Crippen molar-refractivity contribution in [1.82, 2.24) is 14.8 Å². The Morgan fingerprint density at radius 2 is 2.08 bits per heavy atom. The summed E-state index contributed by atoms with van der Waals surface area (Å²) in [4.78, 5) is 46.4. The Hall–Kier alpha value is -2.41. The number of nitrogens with zero attached hydrogens (tertiary/aromatic N) is 3. The number of ether oxygens (including phenoxy) is 1. The van der Waals surface area contributed by atoms with Gasteiger partial charge < -0.3 is 24.1 Å². The number of aliphatic carboxylic acids is 1. The number of carboxylic acid groups (broad SMARTS) is 1. The fourth-order valence-corrected chi connectivity index (χ4v) is 8.68. The van der Waals surface area contributed by atoms with Crippen LogP contribution in [0.25, 0.3) is 5.57 Å². The summed E-state index contributed by atoms with van der Waals surface area (Å²) in [6.45, 7) is 16.2. The number of carboxylic acids is 1. The van der Waals surface area contributed by atoms with E-state index < -0.39 is 14.3 Å². The van der Waals surface area contributed by atoms with E-state index in [0.717, 1.165) is 11.3 Å². The molecule has 1 aromatic heterocycles. The number of hydrogen-bond acceptors (Lipinski definition) is 8. The first-order valence-electron chi connectivity index (χ1n) is 12.7. The molecule has 4 heterocycles. The van der Waals surface area contributed by atoms with E-state index in [4.69, 9.17) is 14.1 Å². The summed E-state index contributed by atoms with van der Waals surface area (Å²) >= 11 is 2.73. The minimum Gasteiger partial charge on any atom is -0.477 e. The molecule has 0 radical (unpaired) electrons. The molecule has 0 aliphatic carbocycles. The molecular formula is C26H35N3O6S2Si. The van der Waals surface area contributed by atoms with Crippen molar-refractivity contribution < 1.29 is 28.7 Å². The van der Waals surface area contributed by atoms with Gasteiger partial charge >= 0.3 is 12.1 Å². The molecule has 1 saturated heterocycles. The van der Waals surface area contributed by atoms with E-state index in [1.54, 1.807) is 4.90 Å². The fourth-order valence-electron chi connectivity index (χ4n) is 5.31. The van der Waals surface area contributed by atoms with E-state index in [2.05, 4.69) is 32.3 Å². The minimum absolute atomic E-state index is 0.00786. The smallest absolute Gasteiger partial charge is 0.410 e. The predicted molar refractivity (Wildman–Crippen MR) is 150 cm³/mol. The average Bonchev–Trinajstić information content (AvgIpc) is 3.38.